The summed E-state index contributed by atoms with van der Waals surface area (Å²) >= 11 is 0. The van der Waals surface area contributed by atoms with E-state index >= 15 is 0 Å². The van der Waals surface area contributed by atoms with Crippen molar-refractivity contribution in [1.29, 1.82) is 0 Å². The molecule has 0 amide bonds. The van der Waals surface area contributed by atoms with Crippen LogP contribution in [0.1, 0.15) is 5.56 Å². The Bertz CT molecular complexity index is 744. The largest absolute Gasteiger partial charge is 0.508 e. The fourth-order valence-corrected chi connectivity index (χ4v) is 2.06. The van der Waals surface area contributed by atoms with E-state index in [1.165, 1.54) is 24.4 Å². The summed E-state index contributed by atoms with van der Waals surface area (Å²) in [5, 5.41) is 17.0. The third kappa shape index (κ3) is 3.37. The smallest absolute Gasteiger partial charge is 0.298 e. The Labute approximate surface area is 115 Å². The van der Waals surface area contributed by atoms with Crippen LogP contribution in [0, 0.1) is 0 Å². The molecule has 0 aliphatic heterocycles. The van der Waals surface area contributed by atoms with Gasteiger partial charge in [0.2, 0.25) is 0 Å². The van der Waals surface area contributed by atoms with Crippen LogP contribution in [-0.2, 0) is 16.7 Å². The standard InChI is InChI=1S/C12H11N3O4S/c16-10-5-2-1-4-9(10)8-14-15-12-11(20(17,18)19)6-3-7-13-12/h1-7,16H,8H2,(H,17,18,19)/b15-14+. The van der Waals surface area contributed by atoms with Gasteiger partial charge in [-0.2, -0.15) is 13.5 Å². The van der Waals surface area contributed by atoms with E-state index in [0.29, 0.717) is 5.56 Å². The SMILES string of the molecule is O=S(=O)(O)c1cccnc1/N=N/Cc1ccccc1O. The van der Waals surface area contributed by atoms with Gasteiger partial charge in [-0.05, 0) is 18.2 Å². The van der Waals surface area contributed by atoms with E-state index in [1.54, 1.807) is 18.2 Å². The summed E-state index contributed by atoms with van der Waals surface area (Å²) in [6, 6.07) is 9.12. The van der Waals surface area contributed by atoms with Crippen LogP contribution in [0.3, 0.4) is 0 Å². The molecule has 0 spiro atoms. The highest BCUT2D eigenvalue weighted by Gasteiger charge is 2.15. The maximum absolute atomic E-state index is 11.1. The first kappa shape index (κ1) is 14.1. The Morgan fingerprint density at radius 1 is 1.15 bits per heavy atom. The van der Waals surface area contributed by atoms with Crippen LogP contribution in [0.2, 0.25) is 0 Å². The van der Waals surface area contributed by atoms with Crippen molar-refractivity contribution in [3.8, 4) is 5.75 Å². The molecule has 7 nitrogen and oxygen atoms in total. The van der Waals surface area contributed by atoms with E-state index in [9.17, 15) is 13.5 Å². The average molecular weight is 293 g/mol. The molecule has 0 fully saturated rings. The summed E-state index contributed by atoms with van der Waals surface area (Å²) in [6.45, 7) is 0.0637. The highest BCUT2D eigenvalue weighted by atomic mass is 32.2. The third-order valence-corrected chi connectivity index (χ3v) is 3.30. The van der Waals surface area contributed by atoms with Crippen molar-refractivity contribution < 1.29 is 18.1 Å². The van der Waals surface area contributed by atoms with Crippen LogP contribution < -0.4 is 0 Å². The number of phenols is 1. The van der Waals surface area contributed by atoms with Crippen molar-refractivity contribution in [3.63, 3.8) is 0 Å². The number of pyridine rings is 1. The van der Waals surface area contributed by atoms with Gasteiger partial charge in [0.1, 0.15) is 10.6 Å². The summed E-state index contributed by atoms with van der Waals surface area (Å²) in [6.07, 6.45) is 1.34. The molecule has 1 heterocycles. The Morgan fingerprint density at radius 3 is 2.60 bits per heavy atom. The van der Waals surface area contributed by atoms with Gasteiger partial charge in [0.25, 0.3) is 10.1 Å². The second-order valence-corrected chi connectivity index (χ2v) is 5.22. The van der Waals surface area contributed by atoms with Crippen molar-refractivity contribution >= 4 is 15.9 Å². The number of hydrogen-bond acceptors (Lipinski definition) is 6. The molecule has 0 aliphatic rings. The second kappa shape index (κ2) is 5.76. The second-order valence-electron chi connectivity index (χ2n) is 3.83. The Balaban J connectivity index is 2.23. The van der Waals surface area contributed by atoms with E-state index < -0.39 is 15.0 Å². The molecule has 0 unspecified atom stereocenters. The predicted molar refractivity (Wildman–Crippen MR) is 70.4 cm³/mol. The van der Waals surface area contributed by atoms with Crippen LogP contribution in [0.25, 0.3) is 0 Å². The maximum atomic E-state index is 11.1. The molecule has 0 atom stereocenters. The predicted octanol–water partition coefficient (Wildman–Crippen LogP) is 2.32. The van der Waals surface area contributed by atoms with Gasteiger partial charge in [0.15, 0.2) is 5.82 Å². The van der Waals surface area contributed by atoms with Gasteiger partial charge in [-0.25, -0.2) is 4.98 Å². The molecule has 0 saturated heterocycles. The minimum atomic E-state index is -4.40. The number of para-hydroxylation sites is 1. The van der Waals surface area contributed by atoms with E-state index in [1.807, 2.05) is 0 Å². The lowest BCUT2D eigenvalue weighted by Gasteiger charge is -2.00. The number of aromatic nitrogens is 1. The molecule has 8 heteroatoms. The zero-order valence-electron chi connectivity index (χ0n) is 10.2. The first-order chi connectivity index (χ1) is 9.48. The van der Waals surface area contributed by atoms with Crippen molar-refractivity contribution in [3.05, 3.63) is 48.2 Å². The van der Waals surface area contributed by atoms with Gasteiger partial charge in [0.05, 0.1) is 6.54 Å². The molecule has 0 aliphatic carbocycles. The number of azo groups is 1. The van der Waals surface area contributed by atoms with E-state index in [4.69, 9.17) is 4.55 Å². The van der Waals surface area contributed by atoms with Crippen molar-refractivity contribution in [2.45, 2.75) is 11.4 Å². The maximum Gasteiger partial charge on any atom is 0.298 e. The normalized spacial score (nSPS) is 11.8. The molecule has 1 aromatic carbocycles. The lowest BCUT2D eigenvalue weighted by molar-refractivity contribution is 0.468. The molecule has 2 N–H and O–H groups in total. The summed E-state index contributed by atoms with van der Waals surface area (Å²) in [7, 11) is -4.40. The van der Waals surface area contributed by atoms with Crippen LogP contribution >= 0.6 is 0 Å². The summed E-state index contributed by atoms with van der Waals surface area (Å²) in [5.41, 5.74) is 0.542. The third-order valence-electron chi connectivity index (χ3n) is 2.43. The van der Waals surface area contributed by atoms with Gasteiger partial charge < -0.3 is 5.11 Å². The lowest BCUT2D eigenvalue weighted by atomic mass is 10.2. The molecule has 104 valence electrons. The molecule has 2 rings (SSSR count). The molecule has 0 radical (unpaired) electrons. The Morgan fingerprint density at radius 2 is 1.90 bits per heavy atom. The fourth-order valence-electron chi connectivity index (χ4n) is 1.48. The number of hydrogen-bond donors (Lipinski definition) is 2. The number of rotatable bonds is 4. The van der Waals surface area contributed by atoms with Crippen LogP contribution in [0.5, 0.6) is 5.75 Å². The van der Waals surface area contributed by atoms with E-state index in [2.05, 4.69) is 15.2 Å². The highest BCUT2D eigenvalue weighted by Crippen LogP contribution is 2.22. The average Bonchev–Trinajstić information content (AvgIpc) is 2.40. The van der Waals surface area contributed by atoms with Gasteiger partial charge in [-0.3, -0.25) is 4.55 Å². The van der Waals surface area contributed by atoms with Crippen LogP contribution in [0.15, 0.2) is 57.7 Å². The summed E-state index contributed by atoms with van der Waals surface area (Å²) in [4.78, 5) is 3.32. The zero-order chi connectivity index (χ0) is 14.6. The van der Waals surface area contributed by atoms with E-state index in [-0.39, 0.29) is 18.1 Å². The van der Waals surface area contributed by atoms with Crippen LogP contribution in [0.4, 0.5) is 5.82 Å². The van der Waals surface area contributed by atoms with Crippen molar-refractivity contribution in [2.75, 3.05) is 0 Å². The zero-order valence-corrected chi connectivity index (χ0v) is 11.0. The van der Waals surface area contributed by atoms with Gasteiger partial charge in [0, 0.05) is 11.8 Å². The number of phenolic OH excluding ortho intramolecular Hbond substituents is 1. The first-order valence-corrected chi connectivity index (χ1v) is 6.99. The topological polar surface area (TPSA) is 112 Å². The van der Waals surface area contributed by atoms with E-state index in [0.717, 1.165) is 0 Å². The lowest BCUT2D eigenvalue weighted by Crippen LogP contribution is -1.99. The molecule has 0 saturated carbocycles. The molecule has 1 aromatic heterocycles. The monoisotopic (exact) mass is 293 g/mol. The summed E-state index contributed by atoms with van der Waals surface area (Å²) in [5.74, 6) is -0.132. The number of aromatic hydroxyl groups is 1. The molecule has 0 bridgehead atoms. The molecule has 2 aromatic rings. The molecular formula is C12H11N3O4S. The van der Waals surface area contributed by atoms with Gasteiger partial charge in [-0.15, -0.1) is 5.11 Å². The number of benzene rings is 1. The quantitative estimate of drug-likeness (QED) is 0.663. The van der Waals surface area contributed by atoms with Crippen LogP contribution in [-0.4, -0.2) is 23.1 Å². The van der Waals surface area contributed by atoms with Crippen molar-refractivity contribution in [1.82, 2.24) is 4.98 Å². The first-order valence-electron chi connectivity index (χ1n) is 5.55. The Hall–Kier alpha value is -2.32. The van der Waals surface area contributed by atoms with Crippen molar-refractivity contribution in [2.24, 2.45) is 10.2 Å². The molecular weight excluding hydrogens is 282 g/mol. The minimum Gasteiger partial charge on any atom is -0.508 e. The summed E-state index contributed by atoms with van der Waals surface area (Å²) < 4.78 is 31.3. The van der Waals surface area contributed by atoms with Gasteiger partial charge in [-0.1, -0.05) is 18.2 Å². The highest BCUT2D eigenvalue weighted by molar-refractivity contribution is 7.86. The fraction of sp³-hybridized carbons (Fsp3) is 0.0833. The Kier molecular flexibility index (Phi) is 4.06. The van der Waals surface area contributed by atoms with Gasteiger partial charge >= 0.3 is 0 Å². The number of nitrogens with zero attached hydrogens (tertiary/aromatic N) is 3. The minimum absolute atomic E-state index is 0.0637. The molecule has 20 heavy (non-hydrogen) atoms.